The Hall–Kier alpha value is -5.94. The molecule has 45 heavy (non-hydrogen) atoms. The van der Waals surface area contributed by atoms with Gasteiger partial charge in [0, 0.05) is 16.2 Å². The van der Waals surface area contributed by atoms with Crippen molar-refractivity contribution in [2.45, 2.75) is 4.90 Å². The fourth-order valence-corrected chi connectivity index (χ4v) is 4.90. The smallest absolute Gasteiger partial charge is 0.357 e. The lowest BCUT2D eigenvalue weighted by Crippen LogP contribution is -2.01. The Bertz CT molecular complexity index is 2210. The predicted molar refractivity (Wildman–Crippen MR) is 160 cm³/mol. The molecule has 0 radical (unpaired) electrons. The van der Waals surface area contributed by atoms with Crippen LogP contribution in [-0.4, -0.2) is 47.5 Å². The van der Waals surface area contributed by atoms with E-state index in [1.165, 1.54) is 24.4 Å². The Labute approximate surface area is 255 Å². The summed E-state index contributed by atoms with van der Waals surface area (Å²) in [7, 11) is 0. The van der Waals surface area contributed by atoms with Gasteiger partial charge in [0.25, 0.3) is 0 Å². The molecule has 222 valence electrons. The van der Waals surface area contributed by atoms with E-state index in [0.717, 1.165) is 12.0 Å². The molecule has 0 unspecified atom stereocenters. The van der Waals surface area contributed by atoms with Gasteiger partial charge in [0.2, 0.25) is 0 Å². The van der Waals surface area contributed by atoms with Gasteiger partial charge in [-0.3, -0.25) is 4.98 Å². The van der Waals surface area contributed by atoms with E-state index in [1.54, 1.807) is 54.6 Å². The lowest BCUT2D eigenvalue weighted by atomic mass is 10.1. The van der Waals surface area contributed by atoms with Crippen LogP contribution in [0.1, 0.15) is 21.0 Å². The third-order valence-electron chi connectivity index (χ3n) is 6.42. The molecule has 0 saturated heterocycles. The molecule has 0 atom stereocenters. The molecule has 0 aliphatic carbocycles. The Morgan fingerprint density at radius 2 is 1.58 bits per heavy atom. The van der Waals surface area contributed by atoms with E-state index in [1.807, 2.05) is 0 Å². The van der Waals surface area contributed by atoms with Crippen molar-refractivity contribution in [2.75, 3.05) is 0 Å². The number of rotatable bonds is 9. The zero-order chi connectivity index (χ0) is 31.5. The first-order valence-electron chi connectivity index (χ1n) is 12.7. The number of benzene rings is 3. The molecule has 3 heterocycles. The van der Waals surface area contributed by atoms with Crippen molar-refractivity contribution in [1.29, 1.82) is 0 Å². The summed E-state index contributed by atoms with van der Waals surface area (Å²) in [6.45, 7) is 0. The Morgan fingerprint density at radius 3 is 2.38 bits per heavy atom. The average Bonchev–Trinajstić information content (AvgIpc) is 3.05. The molecule has 0 aliphatic rings. The standard InChI is InChI=1S/C29H17N7O8S/c37-27-17-5-1-2-6-18(17)31-26(29(40)41)25(27)36-35-20-11-10-19(16-8-9-21(28(38)39)32-24(16)20)34-33-15-12-14-4-3-7-22(45-44-43-42)23(14)30-13-15/h1-13,42H,(H,31,37)(H,38,39)(H,40,41). The Balaban J connectivity index is 1.41. The highest BCUT2D eigenvalue weighted by Gasteiger charge is 2.20. The van der Waals surface area contributed by atoms with Gasteiger partial charge in [0.15, 0.2) is 17.1 Å². The molecule has 0 fully saturated rings. The molecule has 6 aromatic rings. The number of aromatic carboxylic acids is 2. The van der Waals surface area contributed by atoms with Crippen LogP contribution in [-0.2, 0) is 9.37 Å². The largest absolute Gasteiger partial charge is 0.505 e. The molecule has 0 bridgehead atoms. The van der Waals surface area contributed by atoms with E-state index in [0.29, 0.717) is 32.6 Å². The van der Waals surface area contributed by atoms with Gasteiger partial charge in [-0.25, -0.2) is 24.8 Å². The molecule has 15 nitrogen and oxygen atoms in total. The molecule has 0 spiro atoms. The summed E-state index contributed by atoms with van der Waals surface area (Å²) in [5.41, 5.74) is 0.517. The van der Waals surface area contributed by atoms with Crippen LogP contribution >= 0.6 is 12.0 Å². The summed E-state index contributed by atoms with van der Waals surface area (Å²) < 4.78 is 4.51. The van der Waals surface area contributed by atoms with Crippen molar-refractivity contribution in [1.82, 2.24) is 15.0 Å². The van der Waals surface area contributed by atoms with Gasteiger partial charge in [-0.05, 0) is 48.5 Å². The van der Waals surface area contributed by atoms with E-state index in [4.69, 9.17) is 5.26 Å². The van der Waals surface area contributed by atoms with Crippen LogP contribution in [0, 0.1) is 0 Å². The van der Waals surface area contributed by atoms with Crippen LogP contribution in [0.5, 0.6) is 5.75 Å². The summed E-state index contributed by atoms with van der Waals surface area (Å²) in [4.78, 5) is 36.9. The first-order chi connectivity index (χ1) is 21.8. The second-order valence-corrected chi connectivity index (χ2v) is 9.87. The Morgan fingerprint density at radius 1 is 0.778 bits per heavy atom. The Kier molecular flexibility index (Phi) is 8.00. The maximum absolute atomic E-state index is 11.9. The molecular weight excluding hydrogens is 606 g/mol. The van der Waals surface area contributed by atoms with E-state index in [2.05, 4.69) is 44.8 Å². The number of hydrogen-bond donors (Lipinski definition) is 4. The number of azo groups is 2. The van der Waals surface area contributed by atoms with Crippen molar-refractivity contribution in [3.05, 3.63) is 90.4 Å². The van der Waals surface area contributed by atoms with Crippen LogP contribution in [0.25, 0.3) is 32.7 Å². The minimum Gasteiger partial charge on any atom is -0.505 e. The molecule has 0 amide bonds. The van der Waals surface area contributed by atoms with Crippen LogP contribution in [0.4, 0.5) is 22.7 Å². The number of carboxylic acid groups (broad SMARTS) is 2. The van der Waals surface area contributed by atoms with Crippen LogP contribution in [0.15, 0.2) is 104 Å². The number of aromatic hydroxyl groups is 1. The number of nitrogens with zero attached hydrogens (tertiary/aromatic N) is 7. The molecule has 16 heteroatoms. The van der Waals surface area contributed by atoms with Crippen molar-refractivity contribution < 1.29 is 39.5 Å². The van der Waals surface area contributed by atoms with Crippen molar-refractivity contribution in [3.8, 4) is 5.75 Å². The molecule has 0 saturated carbocycles. The van der Waals surface area contributed by atoms with Crippen molar-refractivity contribution >= 4 is 79.4 Å². The monoisotopic (exact) mass is 623 g/mol. The first-order valence-corrected chi connectivity index (χ1v) is 13.5. The van der Waals surface area contributed by atoms with Gasteiger partial charge >= 0.3 is 11.9 Å². The summed E-state index contributed by atoms with van der Waals surface area (Å²) in [6.07, 6.45) is 1.48. The maximum atomic E-state index is 11.9. The number of fused-ring (bicyclic) bond motifs is 3. The summed E-state index contributed by atoms with van der Waals surface area (Å²) in [6, 6.07) is 19.2. The minimum atomic E-state index is -1.43. The van der Waals surface area contributed by atoms with Crippen LogP contribution < -0.4 is 0 Å². The summed E-state index contributed by atoms with van der Waals surface area (Å²) in [5, 5.41) is 60.3. The van der Waals surface area contributed by atoms with Crippen molar-refractivity contribution in [3.63, 3.8) is 0 Å². The van der Waals surface area contributed by atoms with Gasteiger partial charge in [-0.1, -0.05) is 29.3 Å². The third kappa shape index (κ3) is 5.84. The van der Waals surface area contributed by atoms with Crippen molar-refractivity contribution in [2.24, 2.45) is 20.5 Å². The van der Waals surface area contributed by atoms with Gasteiger partial charge in [-0.15, -0.1) is 24.8 Å². The normalized spacial score (nSPS) is 11.8. The molecular formula is C29H17N7O8S. The highest BCUT2D eigenvalue weighted by molar-refractivity contribution is 7.94. The predicted octanol–water partition coefficient (Wildman–Crippen LogP) is 7.69. The molecule has 0 aliphatic heterocycles. The second-order valence-electron chi connectivity index (χ2n) is 9.13. The van der Waals surface area contributed by atoms with Crippen LogP contribution in [0.2, 0.25) is 0 Å². The molecule has 3 aromatic heterocycles. The maximum Gasteiger partial charge on any atom is 0.357 e. The number of aromatic nitrogens is 3. The number of hydrogen-bond acceptors (Lipinski definition) is 14. The first kappa shape index (κ1) is 29.1. The van der Waals surface area contributed by atoms with E-state index in [9.17, 15) is 24.9 Å². The summed E-state index contributed by atoms with van der Waals surface area (Å²) in [5.74, 6) is -3.14. The van der Waals surface area contributed by atoms with E-state index < -0.39 is 23.4 Å². The highest BCUT2D eigenvalue weighted by Crippen LogP contribution is 2.39. The molecule has 3 aromatic carbocycles. The van der Waals surface area contributed by atoms with E-state index in [-0.39, 0.29) is 33.5 Å². The highest BCUT2D eigenvalue weighted by atomic mass is 32.2. The van der Waals surface area contributed by atoms with E-state index >= 15 is 0 Å². The zero-order valence-corrected chi connectivity index (χ0v) is 23.3. The van der Waals surface area contributed by atoms with Gasteiger partial charge in [-0.2, -0.15) is 0 Å². The number of carboxylic acids is 2. The third-order valence-corrected chi connectivity index (χ3v) is 7.06. The number of pyridine rings is 3. The van der Waals surface area contributed by atoms with Gasteiger partial charge in [0.1, 0.15) is 22.6 Å². The van der Waals surface area contributed by atoms with Gasteiger partial charge in [0.05, 0.1) is 39.9 Å². The second kappa shape index (κ2) is 12.3. The van der Waals surface area contributed by atoms with Gasteiger partial charge < -0.3 is 15.3 Å². The number of para-hydroxylation sites is 2. The fourth-order valence-electron chi connectivity index (χ4n) is 4.41. The van der Waals surface area contributed by atoms with Crippen LogP contribution in [0.3, 0.4) is 0 Å². The number of carbonyl (C=O) groups is 2. The fraction of sp³-hybridized carbons (Fsp3) is 0. The zero-order valence-electron chi connectivity index (χ0n) is 22.5. The molecule has 6 rings (SSSR count). The SMILES string of the molecule is O=C(O)c1ccc2c(N=Nc3cnc4c(SOOO)cccc4c3)ccc(N=Nc3c(C(=O)O)nc4ccccc4c3O)c2n1. The quantitative estimate of drug-likeness (QED) is 0.0526. The lowest BCUT2D eigenvalue weighted by Gasteiger charge is -2.08. The molecule has 4 N–H and O–H groups in total. The minimum absolute atomic E-state index is 0.0717. The summed E-state index contributed by atoms with van der Waals surface area (Å²) >= 11 is 0.777. The topological polar surface area (TPSA) is 222 Å². The average molecular weight is 624 g/mol. The lowest BCUT2D eigenvalue weighted by molar-refractivity contribution is -0.432.